The largest absolute Gasteiger partial charge is 0.465 e. The van der Waals surface area contributed by atoms with Gasteiger partial charge in [0, 0.05) is 7.11 Å². The van der Waals surface area contributed by atoms with E-state index in [1.807, 2.05) is 0 Å². The van der Waals surface area contributed by atoms with Gasteiger partial charge in [0.05, 0.1) is 14.2 Å². The van der Waals surface area contributed by atoms with Gasteiger partial charge in [-0.1, -0.05) is 23.5 Å². The van der Waals surface area contributed by atoms with Crippen molar-refractivity contribution >= 4 is 35.5 Å². The van der Waals surface area contributed by atoms with Crippen molar-refractivity contribution in [3.63, 3.8) is 0 Å². The van der Waals surface area contributed by atoms with Crippen LogP contribution < -0.4 is 0 Å². The standard InChI is InChI=1S/C8H10O5S2/c1-11-6(9)4-5(7(10)12-2)15-8(13-3)14-4/h8H,1-3H3. The zero-order valence-electron chi connectivity index (χ0n) is 8.44. The van der Waals surface area contributed by atoms with Gasteiger partial charge in [-0.15, -0.1) is 0 Å². The number of thioether (sulfide) groups is 2. The van der Waals surface area contributed by atoms with Gasteiger partial charge in [0.1, 0.15) is 9.81 Å². The molecule has 0 aromatic carbocycles. The molecule has 1 heterocycles. The Hall–Kier alpha value is -0.660. The van der Waals surface area contributed by atoms with Crippen LogP contribution in [0.15, 0.2) is 9.81 Å². The molecule has 0 atom stereocenters. The van der Waals surface area contributed by atoms with E-state index in [0.29, 0.717) is 0 Å². The number of hydrogen-bond acceptors (Lipinski definition) is 7. The van der Waals surface area contributed by atoms with Gasteiger partial charge in [-0.25, -0.2) is 9.59 Å². The minimum Gasteiger partial charge on any atom is -0.465 e. The van der Waals surface area contributed by atoms with E-state index in [1.165, 1.54) is 21.3 Å². The molecule has 5 nitrogen and oxygen atoms in total. The summed E-state index contributed by atoms with van der Waals surface area (Å²) in [5.41, 5.74) is 0. The normalized spacial score (nSPS) is 16.7. The van der Waals surface area contributed by atoms with E-state index in [4.69, 9.17) is 4.74 Å². The molecule has 0 radical (unpaired) electrons. The molecule has 0 unspecified atom stereocenters. The maximum Gasteiger partial charge on any atom is 0.345 e. The molecule has 15 heavy (non-hydrogen) atoms. The molecule has 1 rings (SSSR count). The monoisotopic (exact) mass is 250 g/mol. The van der Waals surface area contributed by atoms with E-state index in [9.17, 15) is 9.59 Å². The Morgan fingerprint density at radius 1 is 1.00 bits per heavy atom. The first-order chi connectivity index (χ1) is 7.13. The fourth-order valence-corrected chi connectivity index (χ4v) is 3.26. The Balaban J connectivity index is 2.92. The average Bonchev–Trinajstić information content (AvgIpc) is 2.70. The molecule has 1 aliphatic heterocycles. The van der Waals surface area contributed by atoms with E-state index < -0.39 is 11.9 Å². The van der Waals surface area contributed by atoms with Crippen LogP contribution in [-0.4, -0.2) is 38.0 Å². The highest BCUT2D eigenvalue weighted by molar-refractivity contribution is 8.24. The second-order valence-electron chi connectivity index (χ2n) is 2.40. The van der Waals surface area contributed by atoms with Crippen LogP contribution in [0.2, 0.25) is 0 Å². The minimum atomic E-state index is -0.549. The Kier molecular flexibility index (Phi) is 4.49. The predicted octanol–water partition coefficient (Wildman–Crippen LogP) is 0.954. The van der Waals surface area contributed by atoms with Crippen LogP contribution in [0.1, 0.15) is 0 Å². The van der Waals surface area contributed by atoms with Gasteiger partial charge in [0.15, 0.2) is 4.77 Å². The van der Waals surface area contributed by atoms with Gasteiger partial charge in [-0.3, -0.25) is 0 Å². The number of carbonyl (C=O) groups is 2. The molecule has 0 N–H and O–H groups in total. The van der Waals surface area contributed by atoms with Gasteiger partial charge in [0.25, 0.3) is 0 Å². The quantitative estimate of drug-likeness (QED) is 0.691. The molecular weight excluding hydrogens is 240 g/mol. The lowest BCUT2D eigenvalue weighted by molar-refractivity contribution is -0.138. The van der Waals surface area contributed by atoms with Crippen molar-refractivity contribution in [3.8, 4) is 0 Å². The summed E-state index contributed by atoms with van der Waals surface area (Å²) >= 11 is 2.28. The van der Waals surface area contributed by atoms with Crippen molar-refractivity contribution < 1.29 is 23.8 Å². The highest BCUT2D eigenvalue weighted by atomic mass is 32.2. The molecule has 0 saturated heterocycles. The number of ether oxygens (including phenoxy) is 3. The maximum absolute atomic E-state index is 11.3. The third kappa shape index (κ3) is 2.67. The van der Waals surface area contributed by atoms with E-state index in [-0.39, 0.29) is 14.6 Å². The highest BCUT2D eigenvalue weighted by Gasteiger charge is 2.35. The first-order valence-electron chi connectivity index (χ1n) is 3.91. The van der Waals surface area contributed by atoms with Crippen LogP contribution >= 0.6 is 23.5 Å². The van der Waals surface area contributed by atoms with Gasteiger partial charge in [-0.05, 0) is 0 Å². The number of hydrogen-bond donors (Lipinski definition) is 0. The van der Waals surface area contributed by atoms with Crippen LogP contribution in [0.4, 0.5) is 0 Å². The van der Waals surface area contributed by atoms with Gasteiger partial charge >= 0.3 is 11.9 Å². The Bertz CT molecular complexity index is 284. The smallest absolute Gasteiger partial charge is 0.345 e. The van der Waals surface area contributed by atoms with Gasteiger partial charge < -0.3 is 14.2 Å². The minimum absolute atomic E-state index is 0.237. The van der Waals surface area contributed by atoms with Crippen molar-refractivity contribution in [2.24, 2.45) is 0 Å². The first kappa shape index (κ1) is 12.4. The topological polar surface area (TPSA) is 61.8 Å². The molecule has 0 aromatic heterocycles. The number of methoxy groups -OCH3 is 3. The van der Waals surface area contributed by atoms with Crippen LogP contribution in [0.5, 0.6) is 0 Å². The van der Waals surface area contributed by atoms with Crippen molar-refractivity contribution in [3.05, 3.63) is 9.81 Å². The average molecular weight is 250 g/mol. The highest BCUT2D eigenvalue weighted by Crippen LogP contribution is 2.46. The van der Waals surface area contributed by atoms with Crippen LogP contribution in [0.3, 0.4) is 0 Å². The summed E-state index contributed by atoms with van der Waals surface area (Å²) in [7, 11) is 4.02. The summed E-state index contributed by atoms with van der Waals surface area (Å²) < 4.78 is 13.8. The summed E-state index contributed by atoms with van der Waals surface area (Å²) in [5, 5.41) is 0. The zero-order chi connectivity index (χ0) is 11.4. The number of esters is 2. The summed E-state index contributed by atoms with van der Waals surface area (Å²) in [5.74, 6) is -1.10. The molecule has 0 aliphatic carbocycles. The summed E-state index contributed by atoms with van der Waals surface area (Å²) in [6, 6.07) is 0. The third-order valence-electron chi connectivity index (χ3n) is 1.57. The lowest BCUT2D eigenvalue weighted by Gasteiger charge is -2.04. The van der Waals surface area contributed by atoms with Crippen LogP contribution in [0, 0.1) is 0 Å². The Morgan fingerprint density at radius 3 is 1.67 bits per heavy atom. The van der Waals surface area contributed by atoms with Crippen molar-refractivity contribution in [1.82, 2.24) is 0 Å². The van der Waals surface area contributed by atoms with Crippen molar-refractivity contribution in [2.45, 2.75) is 4.77 Å². The fourth-order valence-electron chi connectivity index (χ4n) is 0.887. The van der Waals surface area contributed by atoms with E-state index in [1.54, 1.807) is 0 Å². The molecule has 7 heteroatoms. The Morgan fingerprint density at radius 2 is 1.40 bits per heavy atom. The third-order valence-corrected chi connectivity index (χ3v) is 4.26. The second kappa shape index (κ2) is 5.43. The summed E-state index contributed by atoms with van der Waals surface area (Å²) in [6.07, 6.45) is 0. The SMILES string of the molecule is COC(=O)C1=C(C(=O)OC)SC(OC)S1. The fraction of sp³-hybridized carbons (Fsp3) is 0.500. The molecule has 0 aromatic rings. The molecular formula is C8H10O5S2. The van der Waals surface area contributed by atoms with Gasteiger partial charge in [-0.2, -0.15) is 0 Å². The lowest BCUT2D eigenvalue weighted by Crippen LogP contribution is -2.08. The summed E-state index contributed by atoms with van der Waals surface area (Å²) in [4.78, 5) is 23.1. The van der Waals surface area contributed by atoms with Crippen LogP contribution in [-0.2, 0) is 23.8 Å². The first-order valence-corrected chi connectivity index (χ1v) is 5.67. The molecule has 1 aliphatic rings. The van der Waals surface area contributed by atoms with Crippen molar-refractivity contribution in [2.75, 3.05) is 21.3 Å². The van der Waals surface area contributed by atoms with E-state index in [2.05, 4.69) is 9.47 Å². The molecule has 0 spiro atoms. The maximum atomic E-state index is 11.3. The zero-order valence-corrected chi connectivity index (χ0v) is 10.1. The van der Waals surface area contributed by atoms with Crippen molar-refractivity contribution in [1.29, 1.82) is 0 Å². The number of rotatable bonds is 3. The predicted molar refractivity (Wildman–Crippen MR) is 57.0 cm³/mol. The molecule has 0 amide bonds. The Labute approximate surface area is 95.5 Å². The molecule has 0 fully saturated rings. The summed E-state index contributed by atoms with van der Waals surface area (Å²) in [6.45, 7) is 0. The number of carbonyl (C=O) groups excluding carboxylic acids is 2. The van der Waals surface area contributed by atoms with Gasteiger partial charge in [0.2, 0.25) is 0 Å². The second-order valence-corrected chi connectivity index (χ2v) is 4.84. The van der Waals surface area contributed by atoms with Crippen LogP contribution in [0.25, 0.3) is 0 Å². The van der Waals surface area contributed by atoms with E-state index in [0.717, 1.165) is 23.5 Å². The van der Waals surface area contributed by atoms with E-state index >= 15 is 0 Å². The molecule has 84 valence electrons. The molecule has 0 bridgehead atoms. The molecule has 0 saturated carbocycles. The lowest BCUT2D eigenvalue weighted by atomic mass is 10.5.